The number of aliphatic hydroxyl groups is 1. The Balaban J connectivity index is 1.86. The topological polar surface area (TPSA) is 54.4 Å². The van der Waals surface area contributed by atoms with Crippen LogP contribution >= 0.6 is 0 Å². The minimum Gasteiger partial charge on any atom is -0.481 e. The Labute approximate surface area is 89.3 Å². The average Bonchev–Trinajstić information content (AvgIpc) is 3.10. The summed E-state index contributed by atoms with van der Waals surface area (Å²) in [5.74, 6) is 1.82. The molecule has 15 heavy (non-hydrogen) atoms. The molecule has 1 aromatic rings. The van der Waals surface area contributed by atoms with Crippen LogP contribution in [0.5, 0.6) is 5.88 Å². The first-order chi connectivity index (χ1) is 7.29. The van der Waals surface area contributed by atoms with Crippen LogP contribution < -0.4 is 10.1 Å². The van der Waals surface area contributed by atoms with E-state index in [4.69, 9.17) is 4.74 Å². The molecule has 1 saturated carbocycles. The fraction of sp³-hybridized carbons (Fsp3) is 0.545. The summed E-state index contributed by atoms with van der Waals surface area (Å²) in [6, 6.07) is 5.53. The highest BCUT2D eigenvalue weighted by molar-refractivity contribution is 5.37. The molecule has 0 saturated heterocycles. The van der Waals surface area contributed by atoms with Gasteiger partial charge in [-0.05, 0) is 24.8 Å². The average molecular weight is 208 g/mol. The molecule has 0 spiro atoms. The SMILES string of the molecule is COc1cccc(NCC(O)C2CC2)n1. The van der Waals surface area contributed by atoms with Crippen molar-refractivity contribution in [3.63, 3.8) is 0 Å². The van der Waals surface area contributed by atoms with Crippen molar-refractivity contribution < 1.29 is 9.84 Å². The Morgan fingerprint density at radius 3 is 3.07 bits per heavy atom. The first-order valence-corrected chi connectivity index (χ1v) is 5.22. The van der Waals surface area contributed by atoms with E-state index in [2.05, 4.69) is 10.3 Å². The van der Waals surface area contributed by atoms with E-state index >= 15 is 0 Å². The van der Waals surface area contributed by atoms with Crippen molar-refractivity contribution in [2.75, 3.05) is 19.0 Å². The van der Waals surface area contributed by atoms with E-state index in [0.717, 1.165) is 18.7 Å². The monoisotopic (exact) mass is 208 g/mol. The van der Waals surface area contributed by atoms with Gasteiger partial charge in [0.15, 0.2) is 0 Å². The third kappa shape index (κ3) is 2.83. The number of hydrogen-bond acceptors (Lipinski definition) is 4. The maximum absolute atomic E-state index is 9.66. The van der Waals surface area contributed by atoms with E-state index < -0.39 is 0 Å². The fourth-order valence-electron chi connectivity index (χ4n) is 1.48. The van der Waals surface area contributed by atoms with Crippen molar-refractivity contribution in [1.82, 2.24) is 4.98 Å². The molecule has 1 fully saturated rings. The number of aromatic nitrogens is 1. The molecule has 2 N–H and O–H groups in total. The zero-order valence-corrected chi connectivity index (χ0v) is 8.81. The highest BCUT2D eigenvalue weighted by Crippen LogP contribution is 2.32. The summed E-state index contributed by atoms with van der Waals surface area (Å²) in [4.78, 5) is 4.20. The third-order valence-electron chi connectivity index (χ3n) is 2.59. The fourth-order valence-corrected chi connectivity index (χ4v) is 1.48. The molecule has 1 aliphatic carbocycles. The van der Waals surface area contributed by atoms with Gasteiger partial charge >= 0.3 is 0 Å². The Bertz CT molecular complexity index is 326. The van der Waals surface area contributed by atoms with Gasteiger partial charge in [-0.25, -0.2) is 0 Å². The predicted octanol–water partition coefficient (Wildman–Crippen LogP) is 1.27. The van der Waals surface area contributed by atoms with Crippen molar-refractivity contribution in [3.8, 4) is 5.88 Å². The first kappa shape index (κ1) is 10.2. The van der Waals surface area contributed by atoms with Crippen molar-refractivity contribution in [1.29, 1.82) is 0 Å². The third-order valence-corrected chi connectivity index (χ3v) is 2.59. The highest BCUT2D eigenvalue weighted by Gasteiger charge is 2.29. The number of pyridine rings is 1. The van der Waals surface area contributed by atoms with Gasteiger partial charge in [-0.1, -0.05) is 6.07 Å². The van der Waals surface area contributed by atoms with Gasteiger partial charge in [-0.2, -0.15) is 4.98 Å². The number of ether oxygens (including phenoxy) is 1. The van der Waals surface area contributed by atoms with Gasteiger partial charge in [0, 0.05) is 12.6 Å². The number of nitrogens with one attached hydrogen (secondary N) is 1. The molecule has 1 aromatic heterocycles. The quantitative estimate of drug-likeness (QED) is 0.765. The number of rotatable bonds is 5. The van der Waals surface area contributed by atoms with Crippen LogP contribution in [-0.4, -0.2) is 29.8 Å². The van der Waals surface area contributed by atoms with E-state index in [9.17, 15) is 5.11 Å². The molecule has 2 rings (SSSR count). The maximum Gasteiger partial charge on any atom is 0.214 e. The Hall–Kier alpha value is -1.29. The smallest absolute Gasteiger partial charge is 0.214 e. The highest BCUT2D eigenvalue weighted by atomic mass is 16.5. The van der Waals surface area contributed by atoms with Crippen LogP contribution in [0.25, 0.3) is 0 Å². The second kappa shape index (κ2) is 4.49. The Kier molecular flexibility index (Phi) is 3.06. The van der Waals surface area contributed by atoms with Crippen LogP contribution in [0, 0.1) is 5.92 Å². The second-order valence-corrected chi connectivity index (χ2v) is 3.85. The van der Waals surface area contributed by atoms with E-state index in [1.54, 1.807) is 13.2 Å². The molecule has 1 aliphatic rings. The number of anilines is 1. The van der Waals surface area contributed by atoms with Gasteiger partial charge in [-0.3, -0.25) is 0 Å². The molecule has 0 bridgehead atoms. The van der Waals surface area contributed by atoms with Crippen molar-refractivity contribution in [3.05, 3.63) is 18.2 Å². The molecule has 1 atom stereocenters. The van der Waals surface area contributed by atoms with Crippen LogP contribution in [0.4, 0.5) is 5.82 Å². The zero-order valence-electron chi connectivity index (χ0n) is 8.81. The van der Waals surface area contributed by atoms with Gasteiger partial charge in [-0.15, -0.1) is 0 Å². The van der Waals surface area contributed by atoms with Gasteiger partial charge in [0.1, 0.15) is 5.82 Å². The van der Waals surface area contributed by atoms with E-state index in [-0.39, 0.29) is 6.10 Å². The minimum atomic E-state index is -0.252. The summed E-state index contributed by atoms with van der Waals surface area (Å²) >= 11 is 0. The minimum absolute atomic E-state index is 0.252. The predicted molar refractivity (Wildman–Crippen MR) is 58.0 cm³/mol. The molecular weight excluding hydrogens is 192 g/mol. The van der Waals surface area contributed by atoms with Gasteiger partial charge in [0.25, 0.3) is 0 Å². The van der Waals surface area contributed by atoms with Crippen LogP contribution in [0.15, 0.2) is 18.2 Å². The van der Waals surface area contributed by atoms with Gasteiger partial charge in [0.2, 0.25) is 5.88 Å². The van der Waals surface area contributed by atoms with Crippen molar-refractivity contribution in [2.24, 2.45) is 5.92 Å². The summed E-state index contributed by atoms with van der Waals surface area (Å²) in [6.45, 7) is 0.560. The molecule has 82 valence electrons. The van der Waals surface area contributed by atoms with Crippen LogP contribution in [0.2, 0.25) is 0 Å². The van der Waals surface area contributed by atoms with Crippen LogP contribution in [0.1, 0.15) is 12.8 Å². The number of methoxy groups -OCH3 is 1. The maximum atomic E-state index is 9.66. The largest absolute Gasteiger partial charge is 0.481 e. The molecule has 0 radical (unpaired) electrons. The number of nitrogens with zero attached hydrogens (tertiary/aromatic N) is 1. The van der Waals surface area contributed by atoms with Gasteiger partial charge < -0.3 is 15.2 Å². The summed E-state index contributed by atoms with van der Waals surface area (Å²) in [6.07, 6.45) is 2.04. The molecule has 0 aromatic carbocycles. The molecule has 4 heteroatoms. The Morgan fingerprint density at radius 1 is 1.60 bits per heavy atom. The lowest BCUT2D eigenvalue weighted by Crippen LogP contribution is -2.21. The number of aliphatic hydroxyl groups excluding tert-OH is 1. The van der Waals surface area contributed by atoms with Crippen LogP contribution in [-0.2, 0) is 0 Å². The first-order valence-electron chi connectivity index (χ1n) is 5.22. The number of hydrogen-bond donors (Lipinski definition) is 2. The normalized spacial score (nSPS) is 17.2. The standard InChI is InChI=1S/C11H16N2O2/c1-15-11-4-2-3-10(13-11)12-7-9(14)8-5-6-8/h2-4,8-9,14H,5-7H2,1H3,(H,12,13). The summed E-state index contributed by atoms with van der Waals surface area (Å²) < 4.78 is 5.01. The van der Waals surface area contributed by atoms with E-state index in [1.807, 2.05) is 12.1 Å². The molecule has 4 nitrogen and oxygen atoms in total. The van der Waals surface area contributed by atoms with Crippen molar-refractivity contribution in [2.45, 2.75) is 18.9 Å². The molecule has 0 amide bonds. The lowest BCUT2D eigenvalue weighted by atomic mass is 10.2. The summed E-state index contributed by atoms with van der Waals surface area (Å²) in [5.41, 5.74) is 0. The lowest BCUT2D eigenvalue weighted by Gasteiger charge is -2.11. The van der Waals surface area contributed by atoms with E-state index in [0.29, 0.717) is 18.3 Å². The van der Waals surface area contributed by atoms with Crippen molar-refractivity contribution >= 4 is 5.82 Å². The molecular formula is C11H16N2O2. The molecule has 1 heterocycles. The second-order valence-electron chi connectivity index (χ2n) is 3.85. The Morgan fingerprint density at radius 2 is 2.40 bits per heavy atom. The van der Waals surface area contributed by atoms with Crippen LogP contribution in [0.3, 0.4) is 0 Å². The molecule has 0 aliphatic heterocycles. The van der Waals surface area contributed by atoms with E-state index in [1.165, 1.54) is 0 Å². The lowest BCUT2D eigenvalue weighted by molar-refractivity contribution is 0.164. The van der Waals surface area contributed by atoms with Gasteiger partial charge in [0.05, 0.1) is 13.2 Å². The molecule has 1 unspecified atom stereocenters. The summed E-state index contributed by atoms with van der Waals surface area (Å²) in [5, 5.41) is 12.8. The summed E-state index contributed by atoms with van der Waals surface area (Å²) in [7, 11) is 1.59. The zero-order chi connectivity index (χ0) is 10.7.